The number of hydrogen-bond acceptors (Lipinski definition) is 1. The van der Waals surface area contributed by atoms with E-state index in [1.54, 1.807) is 6.07 Å². The number of hydrogen-bond donors (Lipinski definition) is 0. The highest BCUT2D eigenvalue weighted by atomic mass is 19.1. The van der Waals surface area contributed by atoms with Crippen LogP contribution < -0.4 is 0 Å². The molecule has 3 aromatic rings. The summed E-state index contributed by atoms with van der Waals surface area (Å²) >= 11 is 0. The maximum absolute atomic E-state index is 13.8. The van der Waals surface area contributed by atoms with E-state index in [-0.39, 0.29) is 5.82 Å². The van der Waals surface area contributed by atoms with Gasteiger partial charge in [-0.2, -0.15) is 5.26 Å². The Bertz CT molecular complexity index is 781. The van der Waals surface area contributed by atoms with E-state index >= 15 is 0 Å². The Morgan fingerprint density at radius 1 is 1.11 bits per heavy atom. The summed E-state index contributed by atoms with van der Waals surface area (Å²) in [6, 6.07) is 16.4. The van der Waals surface area contributed by atoms with Gasteiger partial charge in [0, 0.05) is 17.3 Å². The van der Waals surface area contributed by atoms with Crippen LogP contribution in [0.2, 0.25) is 0 Å². The fourth-order valence-corrected chi connectivity index (χ4v) is 2.23. The molecule has 0 saturated carbocycles. The summed E-state index contributed by atoms with van der Waals surface area (Å²) in [5.41, 5.74) is 2.07. The molecule has 0 saturated heterocycles. The largest absolute Gasteiger partial charge is 0.343 e. The van der Waals surface area contributed by atoms with Crippen molar-refractivity contribution in [3.63, 3.8) is 0 Å². The average molecular weight is 250 g/mol. The molecule has 0 spiro atoms. The van der Waals surface area contributed by atoms with Crippen LogP contribution in [-0.2, 0) is 6.54 Å². The molecule has 2 aromatic carbocycles. The molecule has 0 bridgehead atoms. The van der Waals surface area contributed by atoms with E-state index < -0.39 is 0 Å². The zero-order valence-electron chi connectivity index (χ0n) is 10.2. The van der Waals surface area contributed by atoms with Gasteiger partial charge in [-0.15, -0.1) is 0 Å². The molecular weight excluding hydrogens is 239 g/mol. The highest BCUT2D eigenvalue weighted by Gasteiger charge is 2.06. The molecular formula is C16H11FN2. The third kappa shape index (κ3) is 2.09. The topological polar surface area (TPSA) is 28.7 Å². The molecule has 0 unspecified atom stereocenters. The highest BCUT2D eigenvalue weighted by molar-refractivity contribution is 5.80. The zero-order chi connectivity index (χ0) is 13.2. The van der Waals surface area contributed by atoms with Crippen LogP contribution in [0.15, 0.2) is 54.7 Å². The minimum atomic E-state index is -0.281. The summed E-state index contributed by atoms with van der Waals surface area (Å²) in [7, 11) is 0. The van der Waals surface area contributed by atoms with Crippen LogP contribution in [-0.4, -0.2) is 4.57 Å². The predicted octanol–water partition coefficient (Wildman–Crippen LogP) is 3.70. The first-order valence-corrected chi connectivity index (χ1v) is 6.00. The standard InChI is InChI=1S/C16H11FN2/c17-15-6-5-12(10-18)9-14(15)11-19-8-7-13-3-1-2-4-16(13)19/h1-9H,11H2. The molecule has 0 fully saturated rings. The van der Waals surface area contributed by atoms with Crippen molar-refractivity contribution in [3.8, 4) is 6.07 Å². The lowest BCUT2D eigenvalue weighted by Gasteiger charge is -2.07. The maximum Gasteiger partial charge on any atom is 0.128 e. The van der Waals surface area contributed by atoms with Crippen LogP contribution in [0.3, 0.4) is 0 Å². The number of para-hydroxylation sites is 1. The van der Waals surface area contributed by atoms with Gasteiger partial charge in [-0.05, 0) is 35.7 Å². The molecule has 1 heterocycles. The van der Waals surface area contributed by atoms with Gasteiger partial charge in [-0.1, -0.05) is 18.2 Å². The Kier molecular flexibility index (Phi) is 2.77. The number of aromatic nitrogens is 1. The summed E-state index contributed by atoms with van der Waals surface area (Å²) in [6.07, 6.45) is 1.93. The second-order valence-corrected chi connectivity index (χ2v) is 4.42. The minimum absolute atomic E-state index is 0.281. The van der Waals surface area contributed by atoms with Crippen molar-refractivity contribution in [2.75, 3.05) is 0 Å². The number of benzene rings is 2. The van der Waals surface area contributed by atoms with Gasteiger partial charge in [0.1, 0.15) is 5.82 Å². The van der Waals surface area contributed by atoms with Gasteiger partial charge >= 0.3 is 0 Å². The first-order chi connectivity index (χ1) is 9.28. The lowest BCUT2D eigenvalue weighted by molar-refractivity contribution is 0.602. The average Bonchev–Trinajstić information content (AvgIpc) is 2.85. The Balaban J connectivity index is 2.04. The second-order valence-electron chi connectivity index (χ2n) is 4.42. The molecule has 3 rings (SSSR count). The van der Waals surface area contributed by atoms with E-state index in [1.165, 1.54) is 12.1 Å². The third-order valence-electron chi connectivity index (χ3n) is 3.20. The number of halogens is 1. The lowest BCUT2D eigenvalue weighted by atomic mass is 10.1. The van der Waals surface area contributed by atoms with Gasteiger partial charge in [0.2, 0.25) is 0 Å². The van der Waals surface area contributed by atoms with Crippen molar-refractivity contribution in [1.82, 2.24) is 4.57 Å². The molecule has 0 amide bonds. The fourth-order valence-electron chi connectivity index (χ4n) is 2.23. The molecule has 2 nitrogen and oxygen atoms in total. The molecule has 0 atom stereocenters. The van der Waals surface area contributed by atoms with E-state index in [4.69, 9.17) is 5.26 Å². The Labute approximate surface area is 110 Å². The van der Waals surface area contributed by atoms with Crippen LogP contribution in [0, 0.1) is 17.1 Å². The summed E-state index contributed by atoms with van der Waals surface area (Å²) in [5, 5.41) is 10.00. The number of fused-ring (bicyclic) bond motifs is 1. The smallest absolute Gasteiger partial charge is 0.128 e. The lowest BCUT2D eigenvalue weighted by Crippen LogP contribution is -2.01. The van der Waals surface area contributed by atoms with Crippen LogP contribution in [0.5, 0.6) is 0 Å². The van der Waals surface area contributed by atoms with Crippen molar-refractivity contribution < 1.29 is 4.39 Å². The van der Waals surface area contributed by atoms with E-state index in [1.807, 2.05) is 47.2 Å². The Hall–Kier alpha value is -2.60. The Morgan fingerprint density at radius 3 is 2.79 bits per heavy atom. The summed E-state index contributed by atoms with van der Waals surface area (Å²) in [4.78, 5) is 0. The highest BCUT2D eigenvalue weighted by Crippen LogP contribution is 2.18. The molecule has 0 aliphatic heterocycles. The maximum atomic E-state index is 13.8. The third-order valence-corrected chi connectivity index (χ3v) is 3.20. The molecule has 0 aliphatic carbocycles. The zero-order valence-corrected chi connectivity index (χ0v) is 10.2. The molecule has 0 radical (unpaired) electrons. The van der Waals surface area contributed by atoms with E-state index in [0.717, 1.165) is 10.9 Å². The molecule has 0 aliphatic rings. The van der Waals surface area contributed by atoms with Gasteiger partial charge < -0.3 is 4.57 Å². The van der Waals surface area contributed by atoms with E-state index in [2.05, 4.69) is 0 Å². The molecule has 3 heteroatoms. The number of rotatable bonds is 2. The van der Waals surface area contributed by atoms with Crippen LogP contribution >= 0.6 is 0 Å². The van der Waals surface area contributed by atoms with E-state index in [9.17, 15) is 4.39 Å². The number of nitriles is 1. The van der Waals surface area contributed by atoms with Crippen molar-refractivity contribution in [2.45, 2.75) is 6.54 Å². The number of nitrogens with zero attached hydrogens (tertiary/aromatic N) is 2. The fraction of sp³-hybridized carbons (Fsp3) is 0.0625. The van der Waals surface area contributed by atoms with Crippen LogP contribution in [0.25, 0.3) is 10.9 Å². The summed E-state index contributed by atoms with van der Waals surface area (Å²) < 4.78 is 15.8. The van der Waals surface area contributed by atoms with Gasteiger partial charge in [0.05, 0.1) is 18.2 Å². The normalized spacial score (nSPS) is 10.5. The van der Waals surface area contributed by atoms with Gasteiger partial charge in [-0.3, -0.25) is 0 Å². The minimum Gasteiger partial charge on any atom is -0.343 e. The Morgan fingerprint density at radius 2 is 1.95 bits per heavy atom. The van der Waals surface area contributed by atoms with E-state index in [0.29, 0.717) is 17.7 Å². The molecule has 92 valence electrons. The van der Waals surface area contributed by atoms with Gasteiger partial charge in [-0.25, -0.2) is 4.39 Å². The van der Waals surface area contributed by atoms with Crippen molar-refractivity contribution in [3.05, 3.63) is 71.7 Å². The summed E-state index contributed by atoms with van der Waals surface area (Å²) in [6.45, 7) is 0.425. The van der Waals surface area contributed by atoms with Gasteiger partial charge in [0.15, 0.2) is 0 Å². The first kappa shape index (κ1) is 11.5. The van der Waals surface area contributed by atoms with Crippen LogP contribution in [0.1, 0.15) is 11.1 Å². The first-order valence-electron chi connectivity index (χ1n) is 6.00. The summed E-state index contributed by atoms with van der Waals surface area (Å²) in [5.74, 6) is -0.281. The van der Waals surface area contributed by atoms with Crippen molar-refractivity contribution in [1.29, 1.82) is 5.26 Å². The SMILES string of the molecule is N#Cc1ccc(F)c(Cn2ccc3ccccc32)c1. The van der Waals surface area contributed by atoms with Crippen molar-refractivity contribution >= 4 is 10.9 Å². The molecule has 0 N–H and O–H groups in total. The molecule has 19 heavy (non-hydrogen) atoms. The monoisotopic (exact) mass is 250 g/mol. The predicted molar refractivity (Wildman–Crippen MR) is 72.2 cm³/mol. The van der Waals surface area contributed by atoms with Crippen molar-refractivity contribution in [2.24, 2.45) is 0 Å². The van der Waals surface area contributed by atoms with Gasteiger partial charge in [0.25, 0.3) is 0 Å². The quantitative estimate of drug-likeness (QED) is 0.681. The molecule has 1 aromatic heterocycles. The second kappa shape index (κ2) is 4.58. The van der Waals surface area contributed by atoms with Crippen LogP contribution in [0.4, 0.5) is 4.39 Å².